The van der Waals surface area contributed by atoms with Crippen LogP contribution < -0.4 is 0 Å². The number of thiocarbonyl (C=S) groups is 1. The predicted molar refractivity (Wildman–Crippen MR) is 89.3 cm³/mol. The van der Waals surface area contributed by atoms with E-state index in [0.717, 1.165) is 17.5 Å². The number of furan rings is 1. The second-order valence-corrected chi connectivity index (χ2v) is 7.16. The first kappa shape index (κ1) is 16.8. The highest BCUT2D eigenvalue weighted by Crippen LogP contribution is 2.35. The second-order valence-electron chi connectivity index (χ2n) is 5.48. The normalized spacial score (nSPS) is 18.5. The van der Waals surface area contributed by atoms with Gasteiger partial charge in [-0.25, -0.2) is 4.79 Å². The highest BCUT2D eigenvalue weighted by atomic mass is 32.2. The van der Waals surface area contributed by atoms with E-state index in [4.69, 9.17) is 16.6 Å². The molecule has 1 aliphatic rings. The minimum atomic E-state index is -1.04. The third kappa shape index (κ3) is 3.59. The van der Waals surface area contributed by atoms with Gasteiger partial charge in [0.15, 0.2) is 0 Å². The van der Waals surface area contributed by atoms with Crippen LogP contribution in [-0.4, -0.2) is 32.2 Å². The summed E-state index contributed by atoms with van der Waals surface area (Å²) in [5, 5.41) is 9.40. The van der Waals surface area contributed by atoms with Crippen molar-refractivity contribution in [2.24, 2.45) is 5.92 Å². The van der Waals surface area contributed by atoms with Gasteiger partial charge in [0.25, 0.3) is 5.91 Å². The molecule has 1 aromatic heterocycles. The lowest BCUT2D eigenvalue weighted by Gasteiger charge is -2.24. The van der Waals surface area contributed by atoms with Crippen molar-refractivity contribution in [3.8, 4) is 0 Å². The number of aryl methyl sites for hydroxylation is 1. The Labute approximate surface area is 138 Å². The van der Waals surface area contributed by atoms with Crippen LogP contribution in [0.2, 0.25) is 0 Å². The molecule has 1 aromatic rings. The zero-order valence-electron chi connectivity index (χ0n) is 12.5. The minimum absolute atomic E-state index is 0.141. The number of hydrogen-bond donors (Lipinski definition) is 1. The lowest BCUT2D eigenvalue weighted by Crippen LogP contribution is -2.44. The van der Waals surface area contributed by atoms with E-state index in [1.807, 2.05) is 20.8 Å². The van der Waals surface area contributed by atoms with E-state index in [-0.39, 0.29) is 16.1 Å². The topological polar surface area (TPSA) is 70.8 Å². The van der Waals surface area contributed by atoms with Crippen LogP contribution in [0.3, 0.4) is 0 Å². The monoisotopic (exact) mass is 339 g/mol. The summed E-state index contributed by atoms with van der Waals surface area (Å²) in [6, 6.07) is 2.62. The molecule has 1 fully saturated rings. The number of carboxylic acid groups (broad SMARTS) is 1. The lowest BCUT2D eigenvalue weighted by molar-refractivity contribution is -0.145. The molecule has 1 saturated heterocycles. The van der Waals surface area contributed by atoms with Crippen LogP contribution in [0.25, 0.3) is 6.08 Å². The number of hydrogen-bond acceptors (Lipinski definition) is 5. The number of thioether (sulfide) groups is 1. The van der Waals surface area contributed by atoms with Gasteiger partial charge >= 0.3 is 5.97 Å². The van der Waals surface area contributed by atoms with Crippen LogP contribution in [0.15, 0.2) is 21.5 Å². The maximum atomic E-state index is 12.5. The summed E-state index contributed by atoms with van der Waals surface area (Å²) in [4.78, 5) is 25.6. The van der Waals surface area contributed by atoms with Crippen molar-refractivity contribution in [1.82, 2.24) is 4.90 Å². The van der Waals surface area contributed by atoms with Gasteiger partial charge in [-0.1, -0.05) is 37.8 Å². The van der Waals surface area contributed by atoms with E-state index < -0.39 is 12.0 Å². The first-order valence-corrected chi connectivity index (χ1v) is 8.08. The Balaban J connectivity index is 2.27. The molecule has 0 aromatic carbocycles. The molecular formula is C15H17NO4S2. The summed E-state index contributed by atoms with van der Waals surface area (Å²) >= 11 is 6.30. The smallest absolute Gasteiger partial charge is 0.326 e. The second kappa shape index (κ2) is 6.66. The third-order valence-corrected chi connectivity index (χ3v) is 4.48. The van der Waals surface area contributed by atoms with Gasteiger partial charge in [-0.3, -0.25) is 9.69 Å². The van der Waals surface area contributed by atoms with E-state index in [1.54, 1.807) is 18.2 Å². The number of amides is 1. The van der Waals surface area contributed by atoms with E-state index in [9.17, 15) is 14.7 Å². The van der Waals surface area contributed by atoms with Crippen molar-refractivity contribution < 1.29 is 19.1 Å². The van der Waals surface area contributed by atoms with Crippen molar-refractivity contribution in [3.63, 3.8) is 0 Å². The van der Waals surface area contributed by atoms with Gasteiger partial charge in [0, 0.05) is 6.08 Å². The molecule has 0 radical (unpaired) electrons. The fraction of sp³-hybridized carbons (Fsp3) is 0.400. The number of aliphatic carboxylic acids is 1. The maximum Gasteiger partial charge on any atom is 0.326 e. The summed E-state index contributed by atoms with van der Waals surface area (Å²) in [7, 11) is 0. The van der Waals surface area contributed by atoms with Crippen LogP contribution >= 0.6 is 24.0 Å². The number of rotatable bonds is 5. The molecule has 1 aliphatic heterocycles. The zero-order chi connectivity index (χ0) is 16.4. The van der Waals surface area contributed by atoms with Crippen LogP contribution in [0, 0.1) is 12.8 Å². The Morgan fingerprint density at radius 2 is 2.18 bits per heavy atom. The Morgan fingerprint density at radius 3 is 2.68 bits per heavy atom. The van der Waals surface area contributed by atoms with Crippen LogP contribution in [0.1, 0.15) is 31.8 Å². The van der Waals surface area contributed by atoms with Gasteiger partial charge in [-0.05, 0) is 31.4 Å². The minimum Gasteiger partial charge on any atom is -0.480 e. The summed E-state index contributed by atoms with van der Waals surface area (Å²) in [6.45, 7) is 5.63. The summed E-state index contributed by atoms with van der Waals surface area (Å²) in [5.74, 6) is 0.0123. The molecule has 7 heteroatoms. The van der Waals surface area contributed by atoms with Gasteiger partial charge in [0.05, 0.1) is 4.91 Å². The highest BCUT2D eigenvalue weighted by molar-refractivity contribution is 8.26. The Kier molecular flexibility index (Phi) is 5.08. The van der Waals surface area contributed by atoms with E-state index in [1.165, 1.54) is 4.90 Å². The molecular weight excluding hydrogens is 322 g/mol. The van der Waals surface area contributed by atoms with Crippen molar-refractivity contribution in [2.75, 3.05) is 0 Å². The van der Waals surface area contributed by atoms with Gasteiger partial charge in [-0.2, -0.15) is 0 Å². The summed E-state index contributed by atoms with van der Waals surface area (Å²) in [5.41, 5.74) is 0. The molecule has 0 saturated carbocycles. The average Bonchev–Trinajstić information content (AvgIpc) is 2.92. The quantitative estimate of drug-likeness (QED) is 0.656. The summed E-state index contributed by atoms with van der Waals surface area (Å²) in [6.07, 6.45) is 1.95. The van der Waals surface area contributed by atoms with Crippen LogP contribution in [0.4, 0.5) is 0 Å². The molecule has 2 rings (SSSR count). The molecule has 0 aliphatic carbocycles. The van der Waals surface area contributed by atoms with Gasteiger partial charge in [-0.15, -0.1) is 0 Å². The SMILES string of the molecule is Cc1ccc(C=C2SC(=S)N(C(CC(C)C)C(=O)O)C2=O)o1. The molecule has 1 atom stereocenters. The van der Waals surface area contributed by atoms with E-state index in [2.05, 4.69) is 0 Å². The first-order chi connectivity index (χ1) is 10.3. The summed E-state index contributed by atoms with van der Waals surface area (Å²) < 4.78 is 5.69. The third-order valence-electron chi connectivity index (χ3n) is 3.15. The number of carboxylic acids is 1. The van der Waals surface area contributed by atoms with Crippen LogP contribution in [-0.2, 0) is 9.59 Å². The molecule has 1 N–H and O–H groups in total. The van der Waals surface area contributed by atoms with Crippen molar-refractivity contribution in [2.45, 2.75) is 33.2 Å². The van der Waals surface area contributed by atoms with Crippen molar-refractivity contribution in [1.29, 1.82) is 0 Å². The Hall–Kier alpha value is -1.60. The zero-order valence-corrected chi connectivity index (χ0v) is 14.2. The maximum absolute atomic E-state index is 12.5. The fourth-order valence-corrected chi connectivity index (χ4v) is 3.51. The average molecular weight is 339 g/mol. The van der Waals surface area contributed by atoms with Crippen LogP contribution in [0.5, 0.6) is 0 Å². The van der Waals surface area contributed by atoms with Crippen molar-refractivity contribution in [3.05, 3.63) is 28.6 Å². The lowest BCUT2D eigenvalue weighted by atomic mass is 10.0. The number of carbonyl (C=O) groups is 2. The first-order valence-electron chi connectivity index (χ1n) is 6.86. The largest absolute Gasteiger partial charge is 0.480 e. The Morgan fingerprint density at radius 1 is 1.50 bits per heavy atom. The van der Waals surface area contributed by atoms with E-state index in [0.29, 0.717) is 17.1 Å². The molecule has 0 spiro atoms. The highest BCUT2D eigenvalue weighted by Gasteiger charge is 2.40. The molecule has 118 valence electrons. The molecule has 0 bridgehead atoms. The van der Waals surface area contributed by atoms with Gasteiger partial charge < -0.3 is 9.52 Å². The Bertz CT molecular complexity index is 648. The number of carbonyl (C=O) groups excluding carboxylic acids is 1. The van der Waals surface area contributed by atoms with Gasteiger partial charge in [0.2, 0.25) is 0 Å². The molecule has 2 heterocycles. The van der Waals surface area contributed by atoms with E-state index >= 15 is 0 Å². The molecule has 22 heavy (non-hydrogen) atoms. The molecule has 1 amide bonds. The van der Waals surface area contributed by atoms with Crippen molar-refractivity contribution >= 4 is 46.3 Å². The standard InChI is InChI=1S/C15H17NO4S2/c1-8(2)6-11(14(18)19)16-13(17)12(22-15(16)21)7-10-5-4-9(3)20-10/h4-5,7-8,11H,6H2,1-3H3,(H,18,19). The molecule has 1 unspecified atom stereocenters. The van der Waals surface area contributed by atoms with Gasteiger partial charge in [0.1, 0.15) is 21.9 Å². The number of nitrogens with zero attached hydrogens (tertiary/aromatic N) is 1. The fourth-order valence-electron chi connectivity index (χ4n) is 2.17. The predicted octanol–water partition coefficient (Wildman–Crippen LogP) is 3.29. The molecule has 5 nitrogen and oxygen atoms in total.